The standard InChI is InChI=1S/C18H24ClN7O/c1-2-27-14-5-3-13(4-6-14)23-18(25-10-7-21-8-11-25)16(19)15(20)17-22-9-12-26(17)24-18/h3-6,9,12,21,23-24H,2,7-8,10-11,20H2,1H3. The Morgan fingerprint density at radius 1 is 1.30 bits per heavy atom. The van der Waals surface area contributed by atoms with E-state index in [0.29, 0.717) is 23.2 Å². The first-order valence-corrected chi connectivity index (χ1v) is 9.46. The van der Waals surface area contributed by atoms with Crippen LogP contribution in [0.2, 0.25) is 0 Å². The Balaban J connectivity index is 1.72. The quantitative estimate of drug-likeness (QED) is 0.614. The lowest BCUT2D eigenvalue weighted by molar-refractivity contribution is 0.139. The van der Waals surface area contributed by atoms with Crippen LogP contribution in [0.3, 0.4) is 0 Å². The van der Waals surface area contributed by atoms with Crippen LogP contribution in [-0.2, 0) is 0 Å². The van der Waals surface area contributed by atoms with E-state index in [9.17, 15) is 0 Å². The van der Waals surface area contributed by atoms with Gasteiger partial charge in [-0.05, 0) is 31.2 Å². The number of fused-ring (bicyclic) bond motifs is 1. The van der Waals surface area contributed by atoms with Gasteiger partial charge >= 0.3 is 0 Å². The van der Waals surface area contributed by atoms with Gasteiger partial charge in [0, 0.05) is 44.3 Å². The Bertz CT molecular complexity index is 828. The Labute approximate surface area is 163 Å². The molecule has 27 heavy (non-hydrogen) atoms. The van der Waals surface area contributed by atoms with Crippen molar-refractivity contribution in [2.75, 3.05) is 43.5 Å². The van der Waals surface area contributed by atoms with Crippen LogP contribution in [0.25, 0.3) is 5.70 Å². The smallest absolute Gasteiger partial charge is 0.221 e. The van der Waals surface area contributed by atoms with Crippen LogP contribution in [-0.4, -0.2) is 53.1 Å². The molecule has 1 unspecified atom stereocenters. The maximum atomic E-state index is 6.83. The summed E-state index contributed by atoms with van der Waals surface area (Å²) in [6.07, 6.45) is 3.53. The molecule has 3 heterocycles. The van der Waals surface area contributed by atoms with Crippen molar-refractivity contribution < 1.29 is 4.74 Å². The highest BCUT2D eigenvalue weighted by atomic mass is 35.5. The third-order valence-electron chi connectivity index (χ3n) is 4.80. The minimum absolute atomic E-state index is 0.456. The number of benzene rings is 1. The zero-order valence-corrected chi connectivity index (χ0v) is 16.0. The van der Waals surface area contributed by atoms with E-state index in [2.05, 4.69) is 25.9 Å². The molecule has 1 aromatic heterocycles. The lowest BCUT2D eigenvalue weighted by Gasteiger charge is -2.49. The van der Waals surface area contributed by atoms with Crippen LogP contribution in [0.1, 0.15) is 12.7 Å². The predicted octanol–water partition coefficient (Wildman–Crippen LogP) is 1.38. The summed E-state index contributed by atoms with van der Waals surface area (Å²) in [7, 11) is 0. The normalized spacial score (nSPS) is 22.9. The molecular formula is C18H24ClN7O. The number of nitrogens with two attached hydrogens (primary N) is 1. The van der Waals surface area contributed by atoms with Gasteiger partial charge in [-0.3, -0.25) is 10.3 Å². The Morgan fingerprint density at radius 3 is 2.74 bits per heavy atom. The molecule has 4 rings (SSSR count). The Morgan fingerprint density at radius 2 is 2.04 bits per heavy atom. The average Bonchev–Trinajstić information content (AvgIpc) is 3.16. The number of imidazole rings is 1. The van der Waals surface area contributed by atoms with E-state index in [1.807, 2.05) is 42.1 Å². The molecule has 0 spiro atoms. The van der Waals surface area contributed by atoms with Crippen molar-refractivity contribution in [1.29, 1.82) is 0 Å². The highest BCUT2D eigenvalue weighted by molar-refractivity contribution is 6.34. The number of hydrogen-bond donors (Lipinski definition) is 4. The number of ether oxygens (including phenoxy) is 1. The molecule has 5 N–H and O–H groups in total. The lowest BCUT2D eigenvalue weighted by atomic mass is 10.1. The van der Waals surface area contributed by atoms with Gasteiger partial charge in [0.2, 0.25) is 5.79 Å². The summed E-state index contributed by atoms with van der Waals surface area (Å²) in [5.41, 5.74) is 11.2. The van der Waals surface area contributed by atoms with Crippen LogP contribution >= 0.6 is 11.6 Å². The molecule has 0 amide bonds. The van der Waals surface area contributed by atoms with Crippen molar-refractivity contribution in [2.24, 2.45) is 5.73 Å². The fourth-order valence-electron chi connectivity index (χ4n) is 3.49. The average molecular weight is 390 g/mol. The van der Waals surface area contributed by atoms with Gasteiger partial charge in [0.15, 0.2) is 5.82 Å². The number of nitrogens with one attached hydrogen (secondary N) is 3. The van der Waals surface area contributed by atoms with Crippen LogP contribution in [0, 0.1) is 0 Å². The van der Waals surface area contributed by atoms with Crippen molar-refractivity contribution in [3.05, 3.63) is 47.5 Å². The molecule has 1 fully saturated rings. The topological polar surface area (TPSA) is 92.4 Å². The minimum Gasteiger partial charge on any atom is -0.494 e. The first-order chi connectivity index (χ1) is 13.1. The summed E-state index contributed by atoms with van der Waals surface area (Å²) in [6, 6.07) is 7.81. The highest BCUT2D eigenvalue weighted by Crippen LogP contribution is 2.36. The maximum Gasteiger partial charge on any atom is 0.221 e. The molecule has 1 atom stereocenters. The van der Waals surface area contributed by atoms with Gasteiger partial charge in [-0.15, -0.1) is 0 Å². The van der Waals surface area contributed by atoms with Gasteiger partial charge in [-0.25, -0.2) is 9.66 Å². The largest absolute Gasteiger partial charge is 0.494 e. The summed E-state index contributed by atoms with van der Waals surface area (Å²) in [4.78, 5) is 6.54. The predicted molar refractivity (Wildman–Crippen MR) is 107 cm³/mol. The van der Waals surface area contributed by atoms with Gasteiger partial charge in [0.1, 0.15) is 10.8 Å². The number of nitrogens with zero attached hydrogens (tertiary/aromatic N) is 3. The van der Waals surface area contributed by atoms with Gasteiger partial charge in [0.05, 0.1) is 12.3 Å². The first-order valence-electron chi connectivity index (χ1n) is 9.08. The number of anilines is 1. The van der Waals surface area contributed by atoms with Crippen LogP contribution < -0.4 is 26.5 Å². The molecule has 2 aliphatic rings. The molecule has 0 aliphatic carbocycles. The maximum absolute atomic E-state index is 6.83. The van der Waals surface area contributed by atoms with Crippen LogP contribution in [0.5, 0.6) is 5.75 Å². The third kappa shape index (κ3) is 3.20. The summed E-state index contributed by atoms with van der Waals surface area (Å²) < 4.78 is 7.35. The van der Waals surface area contributed by atoms with E-state index >= 15 is 0 Å². The lowest BCUT2D eigenvalue weighted by Crippen LogP contribution is -2.68. The number of aromatic nitrogens is 2. The molecule has 2 aromatic rings. The molecule has 144 valence electrons. The SMILES string of the molecule is CCOc1ccc(NC2(N3CCNCC3)Nn3ccnc3C(N)=C2Cl)cc1. The van der Waals surface area contributed by atoms with Gasteiger partial charge < -0.3 is 21.1 Å². The van der Waals surface area contributed by atoms with E-state index < -0.39 is 5.79 Å². The molecule has 8 nitrogen and oxygen atoms in total. The van der Waals surface area contributed by atoms with E-state index in [1.54, 1.807) is 6.20 Å². The Hall–Kier alpha value is -2.42. The molecule has 0 saturated carbocycles. The van der Waals surface area contributed by atoms with Crippen molar-refractivity contribution in [3.8, 4) is 5.75 Å². The monoisotopic (exact) mass is 389 g/mol. The van der Waals surface area contributed by atoms with E-state index in [1.165, 1.54) is 0 Å². The van der Waals surface area contributed by atoms with Crippen LogP contribution in [0.15, 0.2) is 41.7 Å². The zero-order valence-electron chi connectivity index (χ0n) is 15.2. The summed E-state index contributed by atoms with van der Waals surface area (Å²) in [6.45, 7) is 5.96. The molecule has 1 saturated heterocycles. The van der Waals surface area contributed by atoms with Gasteiger partial charge in [-0.2, -0.15) is 0 Å². The fourth-order valence-corrected chi connectivity index (χ4v) is 3.78. The highest BCUT2D eigenvalue weighted by Gasteiger charge is 2.46. The number of hydrogen-bond acceptors (Lipinski definition) is 7. The van der Waals surface area contributed by atoms with Gasteiger partial charge in [-0.1, -0.05) is 11.6 Å². The van der Waals surface area contributed by atoms with E-state index in [4.69, 9.17) is 22.1 Å². The number of rotatable bonds is 5. The molecule has 0 bridgehead atoms. The molecular weight excluding hydrogens is 366 g/mol. The van der Waals surface area contributed by atoms with Crippen molar-refractivity contribution in [2.45, 2.75) is 12.7 Å². The minimum atomic E-state index is -0.866. The van der Waals surface area contributed by atoms with Crippen molar-refractivity contribution in [1.82, 2.24) is 19.9 Å². The molecule has 1 aromatic carbocycles. The second-order valence-corrected chi connectivity index (χ2v) is 6.87. The molecule has 0 radical (unpaired) electrons. The summed E-state index contributed by atoms with van der Waals surface area (Å²) >= 11 is 6.83. The second-order valence-electron chi connectivity index (χ2n) is 6.49. The third-order valence-corrected chi connectivity index (χ3v) is 5.28. The van der Waals surface area contributed by atoms with E-state index in [0.717, 1.165) is 37.6 Å². The van der Waals surface area contributed by atoms with Crippen molar-refractivity contribution in [3.63, 3.8) is 0 Å². The number of piperazine rings is 1. The fraction of sp³-hybridized carbons (Fsp3) is 0.389. The Kier molecular flexibility index (Phi) is 4.86. The first kappa shape index (κ1) is 18.0. The van der Waals surface area contributed by atoms with E-state index in [-0.39, 0.29) is 0 Å². The molecule has 9 heteroatoms. The molecule has 2 aliphatic heterocycles. The van der Waals surface area contributed by atoms with Crippen LogP contribution in [0.4, 0.5) is 5.69 Å². The van der Waals surface area contributed by atoms with Crippen molar-refractivity contribution >= 4 is 23.0 Å². The summed E-state index contributed by atoms with van der Waals surface area (Å²) in [5, 5.41) is 7.41. The zero-order chi connectivity index (χ0) is 18.9. The number of halogens is 1. The second kappa shape index (κ2) is 7.30. The summed E-state index contributed by atoms with van der Waals surface area (Å²) in [5.74, 6) is 0.572. The van der Waals surface area contributed by atoms with Gasteiger partial charge in [0.25, 0.3) is 0 Å².